The molecular weight excluding hydrogens is 180 g/mol. The van der Waals surface area contributed by atoms with Gasteiger partial charge in [-0.05, 0) is 13.3 Å². The first-order valence-corrected chi connectivity index (χ1v) is 4.55. The van der Waals surface area contributed by atoms with Crippen LogP contribution in [0, 0.1) is 0 Å². The average molecular weight is 196 g/mol. The number of allylic oxidation sites excluding steroid dienone is 3. The van der Waals surface area contributed by atoms with Gasteiger partial charge in [-0.15, -0.1) is 0 Å². The van der Waals surface area contributed by atoms with Crippen molar-refractivity contribution in [3.63, 3.8) is 0 Å². The van der Waals surface area contributed by atoms with Crippen molar-refractivity contribution in [3.8, 4) is 0 Å². The fourth-order valence-electron chi connectivity index (χ4n) is 0.898. The van der Waals surface area contributed by atoms with E-state index in [4.69, 9.17) is 5.11 Å². The van der Waals surface area contributed by atoms with E-state index in [0.717, 1.165) is 0 Å². The largest absolute Gasteiger partial charge is 0.385 e. The van der Waals surface area contributed by atoms with Crippen LogP contribution in [0.4, 0.5) is 0 Å². The summed E-state index contributed by atoms with van der Waals surface area (Å²) in [6, 6.07) is 0. The summed E-state index contributed by atoms with van der Waals surface area (Å²) in [6.45, 7) is 4.77. The zero-order chi connectivity index (χ0) is 11.0. The van der Waals surface area contributed by atoms with Crippen molar-refractivity contribution >= 4 is 11.6 Å². The van der Waals surface area contributed by atoms with Crippen molar-refractivity contribution < 1.29 is 14.7 Å². The molecule has 0 aliphatic rings. The Hall–Kier alpha value is -1.22. The van der Waals surface area contributed by atoms with E-state index < -0.39 is 6.10 Å². The Kier molecular flexibility index (Phi) is 6.58. The van der Waals surface area contributed by atoms with Crippen molar-refractivity contribution in [2.75, 3.05) is 0 Å². The second-order valence-corrected chi connectivity index (χ2v) is 3.07. The van der Waals surface area contributed by atoms with Crippen LogP contribution in [0.1, 0.15) is 26.2 Å². The number of Topliss-reactive ketones (excluding diaryl/α,β-unsaturated/α-hetero) is 2. The third-order valence-electron chi connectivity index (χ3n) is 1.75. The number of carbonyl (C=O) groups is 2. The Balaban J connectivity index is 3.70. The van der Waals surface area contributed by atoms with Crippen LogP contribution in [0.5, 0.6) is 0 Å². The maximum atomic E-state index is 11.1. The van der Waals surface area contributed by atoms with Crippen LogP contribution in [-0.4, -0.2) is 22.8 Å². The van der Waals surface area contributed by atoms with E-state index in [1.54, 1.807) is 12.2 Å². The highest BCUT2D eigenvalue weighted by atomic mass is 16.3. The fraction of sp³-hybridized carbons (Fsp3) is 0.455. The summed E-state index contributed by atoms with van der Waals surface area (Å²) < 4.78 is 0. The Morgan fingerprint density at radius 3 is 2.64 bits per heavy atom. The molecular formula is C11H16O3. The molecule has 0 aliphatic carbocycles. The molecule has 0 aromatic carbocycles. The first-order chi connectivity index (χ1) is 6.57. The van der Waals surface area contributed by atoms with Gasteiger partial charge in [0.2, 0.25) is 0 Å². The molecule has 0 rings (SSSR count). The van der Waals surface area contributed by atoms with E-state index in [-0.39, 0.29) is 18.0 Å². The van der Waals surface area contributed by atoms with Gasteiger partial charge in [-0.1, -0.05) is 24.8 Å². The quantitative estimate of drug-likeness (QED) is 0.626. The van der Waals surface area contributed by atoms with E-state index in [2.05, 4.69) is 6.58 Å². The SMILES string of the molecule is C=CC=CCCC(=O)CC(O)C(C)=O. The van der Waals surface area contributed by atoms with Crippen LogP contribution in [0.3, 0.4) is 0 Å². The van der Waals surface area contributed by atoms with Crippen molar-refractivity contribution in [1.82, 2.24) is 0 Å². The molecule has 3 nitrogen and oxygen atoms in total. The van der Waals surface area contributed by atoms with Crippen molar-refractivity contribution in [3.05, 3.63) is 24.8 Å². The Morgan fingerprint density at radius 2 is 2.14 bits per heavy atom. The molecule has 0 amide bonds. The van der Waals surface area contributed by atoms with Gasteiger partial charge >= 0.3 is 0 Å². The topological polar surface area (TPSA) is 54.4 Å². The average Bonchev–Trinajstić information content (AvgIpc) is 2.12. The van der Waals surface area contributed by atoms with Crippen LogP contribution < -0.4 is 0 Å². The van der Waals surface area contributed by atoms with Gasteiger partial charge in [0.15, 0.2) is 5.78 Å². The lowest BCUT2D eigenvalue weighted by Gasteiger charge is -2.03. The standard InChI is InChI=1S/C11H16O3/c1-3-4-5-6-7-10(13)8-11(14)9(2)12/h3-5,11,14H,1,6-8H2,2H3. The minimum atomic E-state index is -1.13. The molecule has 1 atom stereocenters. The predicted molar refractivity (Wildman–Crippen MR) is 54.9 cm³/mol. The molecule has 1 N–H and O–H groups in total. The minimum absolute atomic E-state index is 0.0722. The van der Waals surface area contributed by atoms with Crippen LogP contribution in [0.2, 0.25) is 0 Å². The van der Waals surface area contributed by atoms with E-state index in [1.165, 1.54) is 6.92 Å². The third-order valence-corrected chi connectivity index (χ3v) is 1.75. The number of aliphatic hydroxyl groups excluding tert-OH is 1. The number of rotatable bonds is 7. The Morgan fingerprint density at radius 1 is 1.50 bits per heavy atom. The van der Waals surface area contributed by atoms with Crippen LogP contribution >= 0.6 is 0 Å². The second kappa shape index (κ2) is 7.21. The molecule has 3 heteroatoms. The summed E-state index contributed by atoms with van der Waals surface area (Å²) in [7, 11) is 0. The van der Waals surface area contributed by atoms with Gasteiger partial charge in [0, 0.05) is 12.8 Å². The minimum Gasteiger partial charge on any atom is -0.385 e. The van der Waals surface area contributed by atoms with Crippen LogP contribution in [0.15, 0.2) is 24.8 Å². The fourth-order valence-corrected chi connectivity index (χ4v) is 0.898. The number of hydrogen-bond acceptors (Lipinski definition) is 3. The summed E-state index contributed by atoms with van der Waals surface area (Å²) in [5, 5.41) is 9.09. The second-order valence-electron chi connectivity index (χ2n) is 3.07. The van der Waals surface area contributed by atoms with Gasteiger partial charge in [-0.3, -0.25) is 9.59 Å². The molecule has 0 saturated carbocycles. The van der Waals surface area contributed by atoms with E-state index in [0.29, 0.717) is 12.8 Å². The summed E-state index contributed by atoms with van der Waals surface area (Å²) in [5.74, 6) is -0.457. The molecule has 0 radical (unpaired) electrons. The van der Waals surface area contributed by atoms with Crippen molar-refractivity contribution in [1.29, 1.82) is 0 Å². The monoisotopic (exact) mass is 196 g/mol. The molecule has 78 valence electrons. The lowest BCUT2D eigenvalue weighted by Crippen LogP contribution is -2.20. The molecule has 0 aromatic rings. The molecule has 0 saturated heterocycles. The highest BCUT2D eigenvalue weighted by Gasteiger charge is 2.13. The zero-order valence-corrected chi connectivity index (χ0v) is 8.40. The van der Waals surface area contributed by atoms with E-state index in [1.807, 2.05) is 6.08 Å². The highest BCUT2D eigenvalue weighted by molar-refractivity contribution is 5.88. The molecule has 0 fully saturated rings. The summed E-state index contributed by atoms with van der Waals surface area (Å²) >= 11 is 0. The summed E-state index contributed by atoms with van der Waals surface area (Å²) in [6.07, 6.45) is 4.99. The van der Waals surface area contributed by atoms with Gasteiger partial charge in [-0.25, -0.2) is 0 Å². The number of ketones is 2. The van der Waals surface area contributed by atoms with E-state index >= 15 is 0 Å². The molecule has 0 bridgehead atoms. The number of hydrogen-bond donors (Lipinski definition) is 1. The smallest absolute Gasteiger partial charge is 0.158 e. The van der Waals surface area contributed by atoms with Crippen molar-refractivity contribution in [2.24, 2.45) is 0 Å². The molecule has 0 heterocycles. The normalized spacial score (nSPS) is 12.7. The van der Waals surface area contributed by atoms with Gasteiger partial charge in [0.1, 0.15) is 11.9 Å². The zero-order valence-electron chi connectivity index (χ0n) is 8.40. The lowest BCUT2D eigenvalue weighted by molar-refractivity contribution is -0.130. The Labute approximate surface area is 84.1 Å². The van der Waals surface area contributed by atoms with Crippen molar-refractivity contribution in [2.45, 2.75) is 32.3 Å². The summed E-state index contributed by atoms with van der Waals surface area (Å²) in [5.41, 5.74) is 0. The maximum absolute atomic E-state index is 11.1. The summed E-state index contributed by atoms with van der Waals surface area (Å²) in [4.78, 5) is 21.8. The van der Waals surface area contributed by atoms with Gasteiger partial charge in [-0.2, -0.15) is 0 Å². The molecule has 0 aromatic heterocycles. The molecule has 0 aliphatic heterocycles. The third kappa shape index (κ3) is 6.31. The lowest BCUT2D eigenvalue weighted by atomic mass is 10.1. The van der Waals surface area contributed by atoms with Gasteiger partial charge in [0.25, 0.3) is 0 Å². The maximum Gasteiger partial charge on any atom is 0.158 e. The number of aliphatic hydroxyl groups is 1. The number of carbonyl (C=O) groups excluding carboxylic acids is 2. The predicted octanol–water partition coefficient (Wildman–Crippen LogP) is 1.42. The van der Waals surface area contributed by atoms with Gasteiger partial charge < -0.3 is 5.11 Å². The van der Waals surface area contributed by atoms with Crippen LogP contribution in [0.25, 0.3) is 0 Å². The highest BCUT2D eigenvalue weighted by Crippen LogP contribution is 2.01. The Bertz CT molecular complexity index is 241. The first-order valence-electron chi connectivity index (χ1n) is 4.55. The van der Waals surface area contributed by atoms with Crippen LogP contribution in [-0.2, 0) is 9.59 Å². The molecule has 0 spiro atoms. The first kappa shape index (κ1) is 12.8. The molecule has 14 heavy (non-hydrogen) atoms. The molecule has 1 unspecified atom stereocenters. The van der Waals surface area contributed by atoms with Gasteiger partial charge in [0.05, 0.1) is 0 Å². The van der Waals surface area contributed by atoms with E-state index in [9.17, 15) is 9.59 Å².